The van der Waals surface area contributed by atoms with Gasteiger partial charge in [0.15, 0.2) is 5.92 Å². The zero-order valence-corrected chi connectivity index (χ0v) is 12.9. The van der Waals surface area contributed by atoms with Crippen molar-refractivity contribution >= 4 is 11.9 Å². The van der Waals surface area contributed by atoms with Gasteiger partial charge in [-0.3, -0.25) is 9.59 Å². The standard InChI is InChI=1S/C16H22O5/c1-16(2,11-5-7-12(17)8-6-11)10-9-13(14(18)20-3)15(19)21-4/h5-8,13,17H,9-10H2,1-4H3. The summed E-state index contributed by atoms with van der Waals surface area (Å²) < 4.78 is 9.30. The number of phenolic OH excluding ortho intramolecular Hbond substituents is 1. The number of aromatic hydroxyl groups is 1. The lowest BCUT2D eigenvalue weighted by Gasteiger charge is -2.26. The molecule has 0 amide bonds. The summed E-state index contributed by atoms with van der Waals surface area (Å²) in [7, 11) is 2.51. The molecule has 21 heavy (non-hydrogen) atoms. The van der Waals surface area contributed by atoms with Gasteiger partial charge < -0.3 is 14.6 Å². The molecule has 1 N–H and O–H groups in total. The Morgan fingerprint density at radius 3 is 2.00 bits per heavy atom. The van der Waals surface area contributed by atoms with Gasteiger partial charge in [0.1, 0.15) is 5.75 Å². The number of hydrogen-bond donors (Lipinski definition) is 1. The van der Waals surface area contributed by atoms with Gasteiger partial charge in [-0.05, 0) is 36.0 Å². The molecule has 1 aromatic carbocycles. The predicted molar refractivity (Wildman–Crippen MR) is 77.9 cm³/mol. The highest BCUT2D eigenvalue weighted by molar-refractivity contribution is 5.94. The summed E-state index contributed by atoms with van der Waals surface area (Å²) >= 11 is 0. The van der Waals surface area contributed by atoms with E-state index in [-0.39, 0.29) is 11.2 Å². The maximum atomic E-state index is 11.7. The summed E-state index contributed by atoms with van der Waals surface area (Å²) in [6.07, 6.45) is 0.944. The molecule has 0 aromatic heterocycles. The highest BCUT2D eigenvalue weighted by Gasteiger charge is 2.31. The highest BCUT2D eigenvalue weighted by atomic mass is 16.5. The second kappa shape index (κ2) is 7.11. The number of ether oxygens (including phenoxy) is 2. The van der Waals surface area contributed by atoms with E-state index in [1.54, 1.807) is 12.1 Å². The number of phenols is 1. The second-order valence-corrected chi connectivity index (χ2v) is 5.57. The van der Waals surface area contributed by atoms with Crippen molar-refractivity contribution in [3.05, 3.63) is 29.8 Å². The Morgan fingerprint density at radius 1 is 1.10 bits per heavy atom. The summed E-state index contributed by atoms with van der Waals surface area (Å²) in [5.41, 5.74) is 0.780. The van der Waals surface area contributed by atoms with Crippen LogP contribution in [-0.2, 0) is 24.5 Å². The van der Waals surface area contributed by atoms with Crippen molar-refractivity contribution in [1.82, 2.24) is 0 Å². The minimum absolute atomic E-state index is 0.205. The largest absolute Gasteiger partial charge is 0.508 e. The van der Waals surface area contributed by atoms with Gasteiger partial charge in [-0.2, -0.15) is 0 Å². The van der Waals surface area contributed by atoms with Crippen LogP contribution in [0.25, 0.3) is 0 Å². The summed E-state index contributed by atoms with van der Waals surface area (Å²) in [6.45, 7) is 4.04. The Labute approximate surface area is 124 Å². The topological polar surface area (TPSA) is 72.8 Å². The van der Waals surface area contributed by atoms with Gasteiger partial charge in [0.25, 0.3) is 0 Å². The molecule has 0 radical (unpaired) electrons. The molecule has 0 bridgehead atoms. The molecule has 1 aromatic rings. The van der Waals surface area contributed by atoms with E-state index in [0.717, 1.165) is 5.56 Å². The van der Waals surface area contributed by atoms with E-state index in [1.807, 2.05) is 26.0 Å². The molecular weight excluding hydrogens is 272 g/mol. The smallest absolute Gasteiger partial charge is 0.320 e. The summed E-state index contributed by atoms with van der Waals surface area (Å²) in [5.74, 6) is -1.86. The molecule has 0 heterocycles. The Kier molecular flexibility index (Phi) is 5.76. The van der Waals surface area contributed by atoms with E-state index >= 15 is 0 Å². The summed E-state index contributed by atoms with van der Waals surface area (Å²) in [6, 6.07) is 6.91. The molecule has 0 saturated carbocycles. The number of rotatable bonds is 6. The average Bonchev–Trinajstić information content (AvgIpc) is 2.47. The summed E-state index contributed by atoms with van der Waals surface area (Å²) in [4.78, 5) is 23.3. The molecular formula is C16H22O5. The minimum Gasteiger partial charge on any atom is -0.508 e. The van der Waals surface area contributed by atoms with Crippen molar-refractivity contribution in [2.75, 3.05) is 14.2 Å². The Bertz CT molecular complexity index is 474. The molecule has 0 unspecified atom stereocenters. The van der Waals surface area contributed by atoms with Crippen LogP contribution in [0.2, 0.25) is 0 Å². The molecule has 0 aliphatic carbocycles. The van der Waals surface area contributed by atoms with Crippen molar-refractivity contribution in [2.24, 2.45) is 5.92 Å². The fourth-order valence-electron chi connectivity index (χ4n) is 2.18. The van der Waals surface area contributed by atoms with Crippen molar-refractivity contribution < 1.29 is 24.2 Å². The van der Waals surface area contributed by atoms with E-state index in [2.05, 4.69) is 9.47 Å². The van der Waals surface area contributed by atoms with Crippen molar-refractivity contribution in [3.8, 4) is 5.75 Å². The zero-order chi connectivity index (χ0) is 16.0. The SMILES string of the molecule is COC(=O)C(CCC(C)(C)c1ccc(O)cc1)C(=O)OC. The van der Waals surface area contributed by atoms with Crippen LogP contribution < -0.4 is 0 Å². The van der Waals surface area contributed by atoms with Crippen LogP contribution in [0.4, 0.5) is 0 Å². The van der Waals surface area contributed by atoms with Gasteiger partial charge in [0, 0.05) is 0 Å². The molecule has 116 valence electrons. The molecule has 5 heteroatoms. The minimum atomic E-state index is -0.906. The molecule has 0 spiro atoms. The average molecular weight is 294 g/mol. The number of benzene rings is 1. The molecule has 0 fully saturated rings. The number of esters is 2. The van der Waals surface area contributed by atoms with Crippen molar-refractivity contribution in [1.29, 1.82) is 0 Å². The molecule has 1 rings (SSSR count). The number of carbonyl (C=O) groups excluding carboxylic acids is 2. The maximum absolute atomic E-state index is 11.7. The molecule has 0 atom stereocenters. The Balaban J connectivity index is 2.80. The van der Waals surface area contributed by atoms with Crippen LogP contribution in [0.5, 0.6) is 5.75 Å². The molecule has 0 aliphatic heterocycles. The monoisotopic (exact) mass is 294 g/mol. The maximum Gasteiger partial charge on any atom is 0.320 e. The van der Waals surface area contributed by atoms with Crippen molar-refractivity contribution in [3.63, 3.8) is 0 Å². The predicted octanol–water partition coefficient (Wildman–Crippen LogP) is 2.41. The van der Waals surface area contributed by atoms with E-state index in [4.69, 9.17) is 0 Å². The zero-order valence-electron chi connectivity index (χ0n) is 12.9. The molecule has 5 nitrogen and oxygen atoms in total. The number of carbonyl (C=O) groups is 2. The Hall–Kier alpha value is -2.04. The Morgan fingerprint density at radius 2 is 1.57 bits per heavy atom. The first kappa shape index (κ1) is 17.0. The lowest BCUT2D eigenvalue weighted by Crippen LogP contribution is -2.29. The quantitative estimate of drug-likeness (QED) is 0.644. The summed E-state index contributed by atoms with van der Waals surface area (Å²) in [5, 5.41) is 9.33. The lowest BCUT2D eigenvalue weighted by molar-refractivity contribution is -0.159. The van der Waals surface area contributed by atoms with Crippen LogP contribution in [0.3, 0.4) is 0 Å². The first-order valence-corrected chi connectivity index (χ1v) is 6.77. The second-order valence-electron chi connectivity index (χ2n) is 5.57. The van der Waals surface area contributed by atoms with Gasteiger partial charge >= 0.3 is 11.9 Å². The van der Waals surface area contributed by atoms with Gasteiger partial charge in [0.05, 0.1) is 14.2 Å². The van der Waals surface area contributed by atoms with Gasteiger partial charge in [0.2, 0.25) is 0 Å². The van der Waals surface area contributed by atoms with Crippen LogP contribution in [0, 0.1) is 5.92 Å². The van der Waals surface area contributed by atoms with E-state index in [9.17, 15) is 14.7 Å². The van der Waals surface area contributed by atoms with Crippen molar-refractivity contribution in [2.45, 2.75) is 32.1 Å². The van der Waals surface area contributed by atoms with Crippen LogP contribution in [0.1, 0.15) is 32.3 Å². The number of hydrogen-bond acceptors (Lipinski definition) is 5. The first-order valence-electron chi connectivity index (χ1n) is 6.77. The fraction of sp³-hybridized carbons (Fsp3) is 0.500. The van der Waals surface area contributed by atoms with Gasteiger partial charge in [-0.1, -0.05) is 26.0 Å². The first-order chi connectivity index (χ1) is 9.81. The van der Waals surface area contributed by atoms with E-state index in [0.29, 0.717) is 12.8 Å². The normalized spacial score (nSPS) is 11.3. The van der Waals surface area contributed by atoms with Crippen LogP contribution in [-0.4, -0.2) is 31.3 Å². The van der Waals surface area contributed by atoms with Crippen LogP contribution >= 0.6 is 0 Å². The third-order valence-corrected chi connectivity index (χ3v) is 3.68. The van der Waals surface area contributed by atoms with E-state index < -0.39 is 17.9 Å². The fourth-order valence-corrected chi connectivity index (χ4v) is 2.18. The van der Waals surface area contributed by atoms with Gasteiger partial charge in [-0.25, -0.2) is 0 Å². The molecule has 0 saturated heterocycles. The lowest BCUT2D eigenvalue weighted by atomic mass is 9.78. The highest BCUT2D eigenvalue weighted by Crippen LogP contribution is 2.31. The van der Waals surface area contributed by atoms with Gasteiger partial charge in [-0.15, -0.1) is 0 Å². The third-order valence-electron chi connectivity index (χ3n) is 3.68. The number of methoxy groups -OCH3 is 2. The third kappa shape index (κ3) is 4.48. The molecule has 0 aliphatic rings. The van der Waals surface area contributed by atoms with Crippen LogP contribution in [0.15, 0.2) is 24.3 Å². The van der Waals surface area contributed by atoms with E-state index in [1.165, 1.54) is 14.2 Å².